The van der Waals surface area contributed by atoms with Crippen LogP contribution >= 0.6 is 0 Å². The SMILES string of the molecule is [O-]N1c2c(ccc3cccnc23)C=CC1O. The van der Waals surface area contributed by atoms with Gasteiger partial charge < -0.3 is 15.4 Å². The molecule has 80 valence electrons. The Hall–Kier alpha value is -1.91. The molecule has 0 fully saturated rings. The topological polar surface area (TPSA) is 59.4 Å². The lowest BCUT2D eigenvalue weighted by atomic mass is 10.0. The molecule has 1 N–H and O–H groups in total. The van der Waals surface area contributed by atoms with Gasteiger partial charge >= 0.3 is 0 Å². The lowest BCUT2D eigenvalue weighted by molar-refractivity contribution is 0.228. The minimum atomic E-state index is -1.12. The van der Waals surface area contributed by atoms with Crippen molar-refractivity contribution in [1.82, 2.24) is 4.98 Å². The van der Waals surface area contributed by atoms with Crippen LogP contribution in [0.3, 0.4) is 0 Å². The van der Waals surface area contributed by atoms with E-state index in [4.69, 9.17) is 0 Å². The van der Waals surface area contributed by atoms with Gasteiger partial charge in [0.1, 0.15) is 6.23 Å². The highest BCUT2D eigenvalue weighted by Crippen LogP contribution is 2.33. The Labute approximate surface area is 92.0 Å². The number of benzene rings is 1. The molecule has 2 aromatic rings. The number of rotatable bonds is 0. The quantitative estimate of drug-likeness (QED) is 0.725. The predicted molar refractivity (Wildman–Crippen MR) is 62.6 cm³/mol. The number of anilines is 1. The molecule has 3 rings (SSSR count). The first kappa shape index (κ1) is 9.33. The minimum Gasteiger partial charge on any atom is -0.756 e. The molecule has 1 aromatic heterocycles. The maximum absolute atomic E-state index is 11.8. The van der Waals surface area contributed by atoms with E-state index in [1.807, 2.05) is 24.3 Å². The summed E-state index contributed by atoms with van der Waals surface area (Å²) in [5, 5.41) is 22.8. The molecule has 0 amide bonds. The molecule has 0 saturated carbocycles. The molecule has 0 spiro atoms. The van der Waals surface area contributed by atoms with Gasteiger partial charge in [-0.2, -0.15) is 0 Å². The first-order valence-electron chi connectivity index (χ1n) is 4.98. The third-order valence-electron chi connectivity index (χ3n) is 2.69. The molecular formula is C12H9N2O2-. The summed E-state index contributed by atoms with van der Waals surface area (Å²) in [6, 6.07) is 7.48. The minimum absolute atomic E-state index is 0.438. The Morgan fingerprint density at radius 1 is 1.31 bits per heavy atom. The van der Waals surface area contributed by atoms with Crippen LogP contribution in [0.25, 0.3) is 17.0 Å². The van der Waals surface area contributed by atoms with Crippen LogP contribution in [0.4, 0.5) is 5.69 Å². The lowest BCUT2D eigenvalue weighted by Gasteiger charge is -2.38. The van der Waals surface area contributed by atoms with Gasteiger partial charge in [0.25, 0.3) is 0 Å². The highest BCUT2D eigenvalue weighted by atomic mass is 16.5. The molecular weight excluding hydrogens is 204 g/mol. The number of hydrogen-bond donors (Lipinski definition) is 1. The molecule has 1 unspecified atom stereocenters. The maximum Gasteiger partial charge on any atom is 0.136 e. The Morgan fingerprint density at radius 2 is 2.19 bits per heavy atom. The second kappa shape index (κ2) is 3.30. The number of aliphatic hydroxyl groups excluding tert-OH is 1. The van der Waals surface area contributed by atoms with Crippen LogP contribution in [-0.2, 0) is 0 Å². The summed E-state index contributed by atoms with van der Waals surface area (Å²) >= 11 is 0. The van der Waals surface area contributed by atoms with Crippen molar-refractivity contribution in [3.05, 3.63) is 47.3 Å². The second-order valence-corrected chi connectivity index (χ2v) is 3.68. The normalized spacial score (nSPS) is 18.9. The van der Waals surface area contributed by atoms with Gasteiger partial charge in [0, 0.05) is 11.6 Å². The molecule has 0 saturated heterocycles. The van der Waals surface area contributed by atoms with Crippen LogP contribution in [0.2, 0.25) is 0 Å². The lowest BCUT2D eigenvalue weighted by Crippen LogP contribution is -2.30. The zero-order valence-electron chi connectivity index (χ0n) is 8.37. The third kappa shape index (κ3) is 1.21. The third-order valence-corrected chi connectivity index (χ3v) is 2.69. The van der Waals surface area contributed by atoms with Gasteiger partial charge in [-0.15, -0.1) is 0 Å². The molecule has 1 aliphatic heterocycles. The summed E-state index contributed by atoms with van der Waals surface area (Å²) in [5.41, 5.74) is 1.85. The van der Waals surface area contributed by atoms with Crippen molar-refractivity contribution in [2.75, 3.05) is 5.06 Å². The average Bonchev–Trinajstić information content (AvgIpc) is 2.33. The first-order valence-corrected chi connectivity index (χ1v) is 4.98. The molecule has 0 radical (unpaired) electrons. The van der Waals surface area contributed by atoms with E-state index in [-0.39, 0.29) is 0 Å². The molecule has 2 heterocycles. The number of nitrogens with zero attached hydrogens (tertiary/aromatic N) is 2. The van der Waals surface area contributed by atoms with E-state index in [2.05, 4.69) is 4.98 Å². The fourth-order valence-electron chi connectivity index (χ4n) is 1.91. The smallest absolute Gasteiger partial charge is 0.136 e. The van der Waals surface area contributed by atoms with Crippen molar-refractivity contribution < 1.29 is 5.11 Å². The standard InChI is InChI=1S/C12H9N2O2/c15-10-6-5-9-4-3-8-2-1-7-13-11(8)12(9)14(10)16/h1-7,10,15H/q-1. The van der Waals surface area contributed by atoms with Crippen LogP contribution in [-0.4, -0.2) is 16.3 Å². The molecule has 16 heavy (non-hydrogen) atoms. The van der Waals surface area contributed by atoms with Crippen molar-refractivity contribution in [2.24, 2.45) is 0 Å². The number of aliphatic hydroxyl groups is 1. The summed E-state index contributed by atoms with van der Waals surface area (Å²) in [4.78, 5) is 4.19. The first-order chi connectivity index (χ1) is 7.77. The fraction of sp³-hybridized carbons (Fsp3) is 0.0833. The Morgan fingerprint density at radius 3 is 3.06 bits per heavy atom. The molecule has 1 aromatic carbocycles. The molecule has 4 nitrogen and oxygen atoms in total. The van der Waals surface area contributed by atoms with Crippen molar-refractivity contribution in [2.45, 2.75) is 6.23 Å². The number of pyridine rings is 1. The van der Waals surface area contributed by atoms with Gasteiger partial charge in [0.05, 0.1) is 11.2 Å². The number of fused-ring (bicyclic) bond motifs is 3. The highest BCUT2D eigenvalue weighted by Gasteiger charge is 2.16. The Bertz CT molecular complexity index is 580. The summed E-state index contributed by atoms with van der Waals surface area (Å²) in [6.45, 7) is 0. The maximum atomic E-state index is 11.8. The van der Waals surface area contributed by atoms with Crippen LogP contribution in [0.5, 0.6) is 0 Å². The number of hydroxylamine groups is 1. The van der Waals surface area contributed by atoms with Gasteiger partial charge in [-0.25, -0.2) is 0 Å². The summed E-state index contributed by atoms with van der Waals surface area (Å²) in [5.74, 6) is 0. The Balaban J connectivity index is 2.37. The van der Waals surface area contributed by atoms with Gasteiger partial charge in [-0.1, -0.05) is 24.3 Å². The predicted octanol–water partition coefficient (Wildman–Crippen LogP) is 1.88. The van der Waals surface area contributed by atoms with Crippen LogP contribution in [0.1, 0.15) is 5.56 Å². The summed E-state index contributed by atoms with van der Waals surface area (Å²) in [6.07, 6.45) is 3.72. The van der Waals surface area contributed by atoms with Crippen molar-refractivity contribution in [3.8, 4) is 0 Å². The van der Waals surface area contributed by atoms with Gasteiger partial charge in [-0.3, -0.25) is 4.98 Å². The van der Waals surface area contributed by atoms with E-state index >= 15 is 0 Å². The zero-order valence-corrected chi connectivity index (χ0v) is 8.37. The van der Waals surface area contributed by atoms with E-state index in [0.717, 1.165) is 10.9 Å². The molecule has 0 bridgehead atoms. The van der Waals surface area contributed by atoms with Crippen LogP contribution < -0.4 is 5.06 Å². The van der Waals surface area contributed by atoms with Crippen molar-refractivity contribution in [3.63, 3.8) is 0 Å². The zero-order chi connectivity index (χ0) is 11.1. The number of aromatic nitrogens is 1. The molecule has 0 aliphatic carbocycles. The van der Waals surface area contributed by atoms with E-state index in [1.54, 1.807) is 12.3 Å². The number of hydrogen-bond acceptors (Lipinski definition) is 4. The summed E-state index contributed by atoms with van der Waals surface area (Å²) < 4.78 is 0. The second-order valence-electron chi connectivity index (χ2n) is 3.68. The van der Waals surface area contributed by atoms with Crippen molar-refractivity contribution in [1.29, 1.82) is 0 Å². The van der Waals surface area contributed by atoms with E-state index in [9.17, 15) is 10.3 Å². The summed E-state index contributed by atoms with van der Waals surface area (Å²) in [7, 11) is 0. The van der Waals surface area contributed by atoms with Gasteiger partial charge in [0.15, 0.2) is 0 Å². The van der Waals surface area contributed by atoms with Crippen LogP contribution in [0, 0.1) is 5.21 Å². The van der Waals surface area contributed by atoms with Gasteiger partial charge in [0.2, 0.25) is 0 Å². The largest absolute Gasteiger partial charge is 0.756 e. The molecule has 1 aliphatic rings. The van der Waals surface area contributed by atoms with E-state index in [1.165, 1.54) is 6.08 Å². The van der Waals surface area contributed by atoms with E-state index < -0.39 is 6.23 Å². The van der Waals surface area contributed by atoms with Crippen molar-refractivity contribution >= 4 is 22.7 Å². The molecule has 1 atom stereocenters. The Kier molecular flexibility index (Phi) is 1.92. The molecule has 4 heteroatoms. The monoisotopic (exact) mass is 213 g/mol. The van der Waals surface area contributed by atoms with Gasteiger partial charge in [-0.05, 0) is 17.7 Å². The van der Waals surface area contributed by atoms with E-state index in [0.29, 0.717) is 16.3 Å². The van der Waals surface area contributed by atoms with Crippen LogP contribution in [0.15, 0.2) is 36.5 Å². The highest BCUT2D eigenvalue weighted by molar-refractivity contribution is 5.96. The fourth-order valence-corrected chi connectivity index (χ4v) is 1.91. The average molecular weight is 213 g/mol.